The van der Waals surface area contributed by atoms with E-state index < -0.39 is 11.9 Å². The first kappa shape index (κ1) is 20.6. The number of hydrogen-bond donors (Lipinski definition) is 2. The van der Waals surface area contributed by atoms with Crippen LogP contribution in [0.15, 0.2) is 54.9 Å². The van der Waals surface area contributed by atoms with E-state index in [1.54, 1.807) is 24.3 Å². The molecule has 0 fully saturated rings. The average molecular weight is 409 g/mol. The second-order valence-corrected chi connectivity index (χ2v) is 6.03. The van der Waals surface area contributed by atoms with Gasteiger partial charge in [-0.2, -0.15) is 0 Å². The van der Waals surface area contributed by atoms with E-state index in [1.165, 1.54) is 44.8 Å². The number of phenolic OH excluding ortho intramolecular Hbond substituents is 1. The van der Waals surface area contributed by atoms with Crippen molar-refractivity contribution in [3.8, 4) is 28.6 Å². The number of anilines is 1. The van der Waals surface area contributed by atoms with Gasteiger partial charge in [-0.05, 0) is 30.3 Å². The smallest absolute Gasteiger partial charge is 0.343 e. The number of amides is 1. The molecule has 0 bridgehead atoms. The van der Waals surface area contributed by atoms with Gasteiger partial charge in [0.05, 0.1) is 32.3 Å². The van der Waals surface area contributed by atoms with Crippen molar-refractivity contribution in [3.63, 3.8) is 0 Å². The summed E-state index contributed by atoms with van der Waals surface area (Å²) >= 11 is 0. The lowest BCUT2D eigenvalue weighted by Crippen LogP contribution is -2.14. The monoisotopic (exact) mass is 409 g/mol. The molecule has 1 aromatic heterocycles. The molecule has 30 heavy (non-hydrogen) atoms. The summed E-state index contributed by atoms with van der Waals surface area (Å²) in [5.41, 5.74) is 1.36. The zero-order chi connectivity index (χ0) is 21.5. The van der Waals surface area contributed by atoms with E-state index in [4.69, 9.17) is 9.47 Å². The van der Waals surface area contributed by atoms with Gasteiger partial charge < -0.3 is 24.6 Å². The lowest BCUT2D eigenvalue weighted by molar-refractivity contribution is -0.142. The number of carbonyl (C=O) groups is 2. The van der Waals surface area contributed by atoms with Crippen LogP contribution in [-0.2, 0) is 9.53 Å². The van der Waals surface area contributed by atoms with Gasteiger partial charge >= 0.3 is 5.97 Å². The van der Waals surface area contributed by atoms with Gasteiger partial charge in [0.25, 0.3) is 5.91 Å². The molecule has 0 saturated heterocycles. The summed E-state index contributed by atoms with van der Waals surface area (Å²) in [6.07, 6.45) is 2.94. The van der Waals surface area contributed by atoms with Gasteiger partial charge in [-0.15, -0.1) is 0 Å². The quantitative estimate of drug-likeness (QED) is 0.572. The zero-order valence-corrected chi connectivity index (χ0v) is 16.3. The fourth-order valence-corrected chi connectivity index (χ4v) is 2.51. The summed E-state index contributed by atoms with van der Waals surface area (Å²) in [4.78, 5) is 32.2. The molecule has 0 atom stereocenters. The van der Waals surface area contributed by atoms with Crippen molar-refractivity contribution in [2.45, 2.75) is 0 Å². The van der Waals surface area contributed by atoms with Crippen molar-refractivity contribution in [2.75, 3.05) is 26.1 Å². The van der Waals surface area contributed by atoms with E-state index >= 15 is 0 Å². The Morgan fingerprint density at radius 1 is 1.03 bits per heavy atom. The van der Waals surface area contributed by atoms with Crippen LogP contribution in [0.25, 0.3) is 11.4 Å². The van der Waals surface area contributed by atoms with Gasteiger partial charge in [-0.3, -0.25) is 4.79 Å². The van der Waals surface area contributed by atoms with E-state index in [1.807, 2.05) is 0 Å². The van der Waals surface area contributed by atoms with Crippen LogP contribution in [-0.4, -0.2) is 47.8 Å². The third kappa shape index (κ3) is 5.02. The number of phenols is 1. The van der Waals surface area contributed by atoms with Gasteiger partial charge in [0.15, 0.2) is 23.9 Å². The van der Waals surface area contributed by atoms with Crippen LogP contribution in [0.5, 0.6) is 17.2 Å². The van der Waals surface area contributed by atoms with E-state index in [-0.39, 0.29) is 12.4 Å². The molecule has 154 valence electrons. The van der Waals surface area contributed by atoms with E-state index in [2.05, 4.69) is 20.0 Å². The number of esters is 1. The number of hydrogen-bond acceptors (Lipinski definition) is 8. The summed E-state index contributed by atoms with van der Waals surface area (Å²) in [5, 5.41) is 12.2. The van der Waals surface area contributed by atoms with Gasteiger partial charge in [0.2, 0.25) is 0 Å². The number of carbonyl (C=O) groups excluding carboxylic acids is 2. The second kappa shape index (κ2) is 9.37. The fourth-order valence-electron chi connectivity index (χ4n) is 2.51. The number of nitrogens with one attached hydrogen (secondary N) is 1. The highest BCUT2D eigenvalue weighted by molar-refractivity contribution is 6.04. The van der Waals surface area contributed by atoms with Gasteiger partial charge in [-0.1, -0.05) is 12.1 Å². The number of aromatic nitrogens is 2. The summed E-state index contributed by atoms with van der Waals surface area (Å²) in [7, 11) is 2.69. The Labute approximate surface area is 172 Å². The van der Waals surface area contributed by atoms with Crippen LogP contribution in [0.2, 0.25) is 0 Å². The Morgan fingerprint density at radius 2 is 1.80 bits per heavy atom. The molecule has 0 unspecified atom stereocenters. The lowest BCUT2D eigenvalue weighted by atomic mass is 10.2. The third-order valence-corrected chi connectivity index (χ3v) is 4.01. The minimum atomic E-state index is -0.534. The zero-order valence-electron chi connectivity index (χ0n) is 16.3. The molecule has 0 spiro atoms. The topological polar surface area (TPSA) is 120 Å². The van der Waals surface area contributed by atoms with Crippen LogP contribution in [0.1, 0.15) is 10.4 Å². The molecule has 9 heteroatoms. The van der Waals surface area contributed by atoms with E-state index in [9.17, 15) is 14.7 Å². The Kier molecular flexibility index (Phi) is 6.43. The highest BCUT2D eigenvalue weighted by Crippen LogP contribution is 2.28. The Morgan fingerprint density at radius 3 is 2.47 bits per heavy atom. The van der Waals surface area contributed by atoms with E-state index in [0.717, 1.165) is 0 Å². The van der Waals surface area contributed by atoms with Crippen LogP contribution >= 0.6 is 0 Å². The molecule has 0 aliphatic rings. The van der Waals surface area contributed by atoms with Crippen LogP contribution < -0.4 is 14.8 Å². The highest BCUT2D eigenvalue weighted by Gasteiger charge is 2.13. The Balaban J connectivity index is 1.70. The van der Waals surface area contributed by atoms with Crippen molar-refractivity contribution in [1.29, 1.82) is 0 Å². The molecule has 2 aromatic carbocycles. The number of rotatable bonds is 7. The lowest BCUT2D eigenvalue weighted by Gasteiger charge is -2.11. The first-order chi connectivity index (χ1) is 14.5. The fraction of sp³-hybridized carbons (Fsp3) is 0.143. The maximum absolute atomic E-state index is 12.5. The van der Waals surface area contributed by atoms with Crippen LogP contribution in [0.3, 0.4) is 0 Å². The molecule has 0 aliphatic heterocycles. The first-order valence-electron chi connectivity index (χ1n) is 8.80. The first-order valence-corrected chi connectivity index (χ1v) is 8.80. The second-order valence-electron chi connectivity index (χ2n) is 6.03. The number of benzene rings is 2. The Hall–Kier alpha value is -4.14. The van der Waals surface area contributed by atoms with Crippen molar-refractivity contribution in [2.24, 2.45) is 0 Å². The molecule has 3 rings (SSSR count). The van der Waals surface area contributed by atoms with E-state index in [0.29, 0.717) is 34.1 Å². The standard InChI is InChI=1S/C21H19N3O6/c1-28-18-9-14(6-7-17(18)30-12-19(26)29-2)21(27)24-15-10-22-20(23-11-15)13-4-3-5-16(25)8-13/h3-11,25H,12H2,1-2H3,(H,24,27). The van der Waals surface area contributed by atoms with Gasteiger partial charge in [0, 0.05) is 11.1 Å². The molecule has 0 saturated carbocycles. The van der Waals surface area contributed by atoms with Crippen LogP contribution in [0, 0.1) is 0 Å². The maximum atomic E-state index is 12.5. The normalized spacial score (nSPS) is 10.2. The summed E-state index contributed by atoms with van der Waals surface area (Å²) < 4.78 is 15.1. The number of methoxy groups -OCH3 is 2. The highest BCUT2D eigenvalue weighted by atomic mass is 16.6. The molecule has 1 amide bonds. The van der Waals surface area contributed by atoms with Gasteiger partial charge in [0.1, 0.15) is 5.75 Å². The SMILES string of the molecule is COC(=O)COc1ccc(C(=O)Nc2cnc(-c3cccc(O)c3)nc2)cc1OC. The Bertz CT molecular complexity index is 1050. The molecular weight excluding hydrogens is 390 g/mol. The molecule has 1 heterocycles. The maximum Gasteiger partial charge on any atom is 0.343 e. The average Bonchev–Trinajstić information content (AvgIpc) is 2.77. The third-order valence-electron chi connectivity index (χ3n) is 4.01. The number of nitrogens with zero attached hydrogens (tertiary/aromatic N) is 2. The molecule has 2 N–H and O–H groups in total. The molecule has 3 aromatic rings. The molecular formula is C21H19N3O6. The minimum Gasteiger partial charge on any atom is -0.508 e. The number of aromatic hydroxyl groups is 1. The van der Waals surface area contributed by atoms with Gasteiger partial charge in [-0.25, -0.2) is 14.8 Å². The summed E-state index contributed by atoms with van der Waals surface area (Å²) in [6.45, 7) is -0.277. The predicted molar refractivity (Wildman–Crippen MR) is 108 cm³/mol. The van der Waals surface area contributed by atoms with Crippen molar-refractivity contribution < 1.29 is 28.9 Å². The summed E-state index contributed by atoms with van der Waals surface area (Å²) in [5.74, 6) is 0.189. The number of ether oxygens (including phenoxy) is 3. The van der Waals surface area contributed by atoms with Crippen LogP contribution in [0.4, 0.5) is 5.69 Å². The largest absolute Gasteiger partial charge is 0.508 e. The van der Waals surface area contributed by atoms with Crippen molar-refractivity contribution in [1.82, 2.24) is 9.97 Å². The summed E-state index contributed by atoms with van der Waals surface area (Å²) in [6, 6.07) is 11.1. The van der Waals surface area contributed by atoms with Crippen molar-refractivity contribution >= 4 is 17.6 Å². The van der Waals surface area contributed by atoms with Crippen molar-refractivity contribution in [3.05, 3.63) is 60.4 Å². The molecule has 0 aliphatic carbocycles. The predicted octanol–water partition coefficient (Wildman–Crippen LogP) is 2.66. The minimum absolute atomic E-state index is 0.112. The molecule has 9 nitrogen and oxygen atoms in total. The molecule has 0 radical (unpaired) electrons.